The summed E-state index contributed by atoms with van der Waals surface area (Å²) in [7, 11) is 0.163. The minimum atomic E-state index is -3.64. The lowest BCUT2D eigenvalue weighted by molar-refractivity contribution is 0.303. The molecule has 1 aromatic heterocycles. The Balaban J connectivity index is 2.11. The molecule has 0 fully saturated rings. The topological polar surface area (TPSA) is 49.4 Å². The van der Waals surface area contributed by atoms with Gasteiger partial charge in [0.1, 0.15) is 5.82 Å². The van der Waals surface area contributed by atoms with E-state index in [1.165, 1.54) is 12.1 Å². The van der Waals surface area contributed by atoms with Crippen LogP contribution in [0.15, 0.2) is 46.7 Å². The summed E-state index contributed by atoms with van der Waals surface area (Å²) in [6.45, 7) is 0.257. The maximum Gasteiger partial charge on any atom is 0.240 e. The number of thiophene rings is 1. The largest absolute Gasteiger partial charge is 0.300 e. The van der Waals surface area contributed by atoms with E-state index in [1.54, 1.807) is 11.3 Å². The molecule has 1 unspecified atom stereocenters. The van der Waals surface area contributed by atoms with Crippen molar-refractivity contribution in [1.29, 1.82) is 0 Å². The highest BCUT2D eigenvalue weighted by Gasteiger charge is 2.20. The lowest BCUT2D eigenvalue weighted by Crippen LogP contribution is -2.34. The first-order valence-corrected chi connectivity index (χ1v) is 8.71. The van der Waals surface area contributed by atoms with Crippen LogP contribution in [-0.4, -0.2) is 34.0 Å². The maximum atomic E-state index is 12.9. The number of nitrogens with zero attached hydrogens (tertiary/aromatic N) is 1. The molecule has 0 aliphatic carbocycles. The summed E-state index contributed by atoms with van der Waals surface area (Å²) in [5.74, 6) is -0.460. The summed E-state index contributed by atoms with van der Waals surface area (Å²) in [6.07, 6.45) is 0. The minimum Gasteiger partial charge on any atom is -0.300 e. The average Bonchev–Trinajstić information content (AvgIpc) is 2.93. The fourth-order valence-electron chi connectivity index (χ4n) is 1.90. The number of benzene rings is 1. The molecule has 1 N–H and O–H groups in total. The standard InChI is InChI=1S/C14H17FN2O2S2/c1-17(2)13(14-4-3-9-20-14)10-16-21(18,19)12-7-5-11(15)6-8-12/h3-9,13,16H,10H2,1-2H3. The van der Waals surface area contributed by atoms with E-state index >= 15 is 0 Å². The van der Waals surface area contributed by atoms with Gasteiger partial charge in [0, 0.05) is 11.4 Å². The van der Waals surface area contributed by atoms with Gasteiger partial charge in [-0.25, -0.2) is 17.5 Å². The summed E-state index contributed by atoms with van der Waals surface area (Å²) < 4.78 is 39.8. The second kappa shape index (κ2) is 6.65. The van der Waals surface area contributed by atoms with Crippen LogP contribution in [-0.2, 0) is 10.0 Å². The smallest absolute Gasteiger partial charge is 0.240 e. The molecule has 21 heavy (non-hydrogen) atoms. The molecule has 1 aromatic carbocycles. The molecule has 7 heteroatoms. The summed E-state index contributed by atoms with van der Waals surface area (Å²) >= 11 is 1.58. The highest BCUT2D eigenvalue weighted by molar-refractivity contribution is 7.89. The van der Waals surface area contributed by atoms with Crippen LogP contribution in [0.5, 0.6) is 0 Å². The van der Waals surface area contributed by atoms with Gasteiger partial charge in [-0.05, 0) is 49.8 Å². The van der Waals surface area contributed by atoms with Crippen LogP contribution in [0, 0.1) is 5.82 Å². The molecule has 0 aliphatic heterocycles. The number of rotatable bonds is 6. The van der Waals surface area contributed by atoms with Gasteiger partial charge in [0.25, 0.3) is 0 Å². The Bertz CT molecular complexity index is 668. The molecule has 0 amide bonds. The zero-order chi connectivity index (χ0) is 15.5. The van der Waals surface area contributed by atoms with E-state index in [9.17, 15) is 12.8 Å². The predicted molar refractivity (Wildman–Crippen MR) is 82.3 cm³/mol. The van der Waals surface area contributed by atoms with Crippen molar-refractivity contribution in [2.75, 3.05) is 20.6 Å². The number of halogens is 1. The second-order valence-electron chi connectivity index (χ2n) is 4.80. The summed E-state index contributed by atoms with van der Waals surface area (Å²) in [5.41, 5.74) is 0. The molecule has 4 nitrogen and oxygen atoms in total. The molecule has 0 aliphatic rings. The van der Waals surface area contributed by atoms with Gasteiger partial charge in [0.05, 0.1) is 10.9 Å². The van der Waals surface area contributed by atoms with Crippen molar-refractivity contribution in [1.82, 2.24) is 9.62 Å². The first-order chi connectivity index (χ1) is 9.90. The highest BCUT2D eigenvalue weighted by Crippen LogP contribution is 2.23. The van der Waals surface area contributed by atoms with Crippen molar-refractivity contribution >= 4 is 21.4 Å². The fourth-order valence-corrected chi connectivity index (χ4v) is 3.87. The average molecular weight is 328 g/mol. The lowest BCUT2D eigenvalue weighted by atomic mass is 10.2. The van der Waals surface area contributed by atoms with Crippen LogP contribution in [0.25, 0.3) is 0 Å². The van der Waals surface area contributed by atoms with Crippen molar-refractivity contribution < 1.29 is 12.8 Å². The Kier molecular flexibility index (Phi) is 5.10. The van der Waals surface area contributed by atoms with Crippen LogP contribution < -0.4 is 4.72 Å². The molecule has 0 saturated heterocycles. The van der Waals surface area contributed by atoms with Crippen molar-refractivity contribution in [3.8, 4) is 0 Å². The van der Waals surface area contributed by atoms with E-state index in [0.717, 1.165) is 17.0 Å². The SMILES string of the molecule is CN(C)C(CNS(=O)(=O)c1ccc(F)cc1)c1cccs1. The molecule has 1 heterocycles. The van der Waals surface area contributed by atoms with Gasteiger partial charge in [-0.3, -0.25) is 0 Å². The van der Waals surface area contributed by atoms with Crippen LogP contribution in [0.3, 0.4) is 0 Å². The monoisotopic (exact) mass is 328 g/mol. The third-order valence-electron chi connectivity index (χ3n) is 3.09. The van der Waals surface area contributed by atoms with Gasteiger partial charge < -0.3 is 4.90 Å². The number of hydrogen-bond acceptors (Lipinski definition) is 4. The van der Waals surface area contributed by atoms with E-state index < -0.39 is 15.8 Å². The van der Waals surface area contributed by atoms with Gasteiger partial charge in [-0.2, -0.15) is 0 Å². The van der Waals surface area contributed by atoms with Crippen LogP contribution in [0.4, 0.5) is 4.39 Å². The number of sulfonamides is 1. The molecule has 0 spiro atoms. The molecule has 0 radical (unpaired) electrons. The van der Waals surface area contributed by atoms with Gasteiger partial charge in [0.15, 0.2) is 0 Å². The van der Waals surface area contributed by atoms with Gasteiger partial charge in [-0.15, -0.1) is 11.3 Å². The Labute approximate surface area is 128 Å². The second-order valence-corrected chi connectivity index (χ2v) is 7.55. The Morgan fingerprint density at radius 3 is 2.43 bits per heavy atom. The quantitative estimate of drug-likeness (QED) is 0.886. The van der Waals surface area contributed by atoms with E-state index in [4.69, 9.17) is 0 Å². The van der Waals surface area contributed by atoms with Crippen molar-refractivity contribution in [3.63, 3.8) is 0 Å². The minimum absolute atomic E-state index is 0.0415. The highest BCUT2D eigenvalue weighted by atomic mass is 32.2. The first-order valence-electron chi connectivity index (χ1n) is 6.35. The number of likely N-dealkylation sites (N-methyl/N-ethyl adjacent to an activating group) is 1. The predicted octanol–water partition coefficient (Wildman–Crippen LogP) is 2.47. The van der Waals surface area contributed by atoms with Crippen molar-refractivity contribution in [3.05, 3.63) is 52.5 Å². The van der Waals surface area contributed by atoms with Crippen molar-refractivity contribution in [2.24, 2.45) is 0 Å². The summed E-state index contributed by atoms with van der Waals surface area (Å²) in [5, 5.41) is 1.96. The Morgan fingerprint density at radius 2 is 1.90 bits per heavy atom. The molecule has 0 saturated carbocycles. The van der Waals surface area contributed by atoms with Crippen LogP contribution in [0.2, 0.25) is 0 Å². The molecule has 2 rings (SSSR count). The molecule has 2 aromatic rings. The lowest BCUT2D eigenvalue weighted by Gasteiger charge is -2.23. The van der Waals surface area contributed by atoms with Gasteiger partial charge in [0.2, 0.25) is 10.0 Å². The normalized spacial score (nSPS) is 13.5. The Morgan fingerprint density at radius 1 is 1.24 bits per heavy atom. The summed E-state index contributed by atoms with van der Waals surface area (Å²) in [4.78, 5) is 3.10. The van der Waals surface area contributed by atoms with E-state index in [2.05, 4.69) is 4.72 Å². The zero-order valence-corrected chi connectivity index (χ0v) is 13.4. The zero-order valence-electron chi connectivity index (χ0n) is 11.8. The van der Waals surface area contributed by atoms with Crippen LogP contribution in [0.1, 0.15) is 10.9 Å². The third kappa shape index (κ3) is 4.10. The maximum absolute atomic E-state index is 12.9. The van der Waals surface area contributed by atoms with E-state index in [0.29, 0.717) is 0 Å². The number of nitrogens with one attached hydrogen (secondary N) is 1. The number of hydrogen-bond donors (Lipinski definition) is 1. The van der Waals surface area contributed by atoms with E-state index in [1.807, 2.05) is 36.5 Å². The molecular weight excluding hydrogens is 311 g/mol. The fraction of sp³-hybridized carbons (Fsp3) is 0.286. The first kappa shape index (κ1) is 16.1. The molecular formula is C14H17FN2O2S2. The third-order valence-corrected chi connectivity index (χ3v) is 5.50. The molecule has 1 atom stereocenters. The Hall–Kier alpha value is -1.28. The van der Waals surface area contributed by atoms with Crippen molar-refractivity contribution in [2.45, 2.75) is 10.9 Å². The molecule has 0 bridgehead atoms. The van der Waals surface area contributed by atoms with Gasteiger partial charge in [-0.1, -0.05) is 6.07 Å². The summed E-state index contributed by atoms with van der Waals surface area (Å²) in [6, 6.07) is 8.65. The molecule has 114 valence electrons. The van der Waals surface area contributed by atoms with E-state index in [-0.39, 0.29) is 17.5 Å². The van der Waals surface area contributed by atoms with Gasteiger partial charge >= 0.3 is 0 Å². The van der Waals surface area contributed by atoms with Crippen LogP contribution >= 0.6 is 11.3 Å².